The van der Waals surface area contributed by atoms with Gasteiger partial charge in [-0.25, -0.2) is 0 Å². The lowest BCUT2D eigenvalue weighted by atomic mass is 10.0. The fourth-order valence-electron chi connectivity index (χ4n) is 3.19. The van der Waals surface area contributed by atoms with Gasteiger partial charge in [-0.05, 0) is 49.3 Å². The Morgan fingerprint density at radius 2 is 1.86 bits per heavy atom. The van der Waals surface area contributed by atoms with Crippen molar-refractivity contribution in [2.45, 2.75) is 58.2 Å². The van der Waals surface area contributed by atoms with Gasteiger partial charge in [0.15, 0.2) is 0 Å². The van der Waals surface area contributed by atoms with Crippen LogP contribution < -0.4 is 5.32 Å². The van der Waals surface area contributed by atoms with Crippen molar-refractivity contribution in [2.75, 3.05) is 6.54 Å². The maximum atomic E-state index is 12.8. The Morgan fingerprint density at radius 1 is 1.19 bits per heavy atom. The van der Waals surface area contributed by atoms with Gasteiger partial charge in [0, 0.05) is 12.6 Å². The quantitative estimate of drug-likeness (QED) is 0.902. The average molecular weight is 286 g/mol. The molecule has 2 fully saturated rings. The Labute approximate surface area is 127 Å². The van der Waals surface area contributed by atoms with Crippen LogP contribution in [-0.4, -0.2) is 29.4 Å². The molecule has 2 atom stereocenters. The molecule has 114 valence electrons. The Hall–Kier alpha value is -1.35. The molecule has 0 radical (unpaired) electrons. The fourth-order valence-corrected chi connectivity index (χ4v) is 3.19. The fraction of sp³-hybridized carbons (Fsp3) is 0.611. The summed E-state index contributed by atoms with van der Waals surface area (Å²) < 4.78 is 0. The normalized spacial score (nSPS) is 25.0. The van der Waals surface area contributed by atoms with Crippen LogP contribution in [0.5, 0.6) is 0 Å². The number of amides is 1. The summed E-state index contributed by atoms with van der Waals surface area (Å²) >= 11 is 0. The molecule has 0 spiro atoms. The van der Waals surface area contributed by atoms with Gasteiger partial charge in [-0.3, -0.25) is 4.79 Å². The third kappa shape index (κ3) is 3.29. The van der Waals surface area contributed by atoms with Crippen LogP contribution >= 0.6 is 0 Å². The third-order valence-corrected chi connectivity index (χ3v) is 4.85. The van der Waals surface area contributed by atoms with Crippen LogP contribution in [0.15, 0.2) is 24.3 Å². The molecular weight excluding hydrogens is 260 g/mol. The largest absolute Gasteiger partial charge is 0.334 e. The predicted octanol–water partition coefficient (Wildman–Crippen LogP) is 2.74. The van der Waals surface area contributed by atoms with Crippen molar-refractivity contribution < 1.29 is 4.79 Å². The molecule has 3 nitrogen and oxygen atoms in total. The van der Waals surface area contributed by atoms with E-state index in [0.29, 0.717) is 17.9 Å². The molecule has 1 heterocycles. The van der Waals surface area contributed by atoms with Gasteiger partial charge in [0.25, 0.3) is 0 Å². The second-order valence-electron chi connectivity index (χ2n) is 6.57. The van der Waals surface area contributed by atoms with Crippen molar-refractivity contribution in [2.24, 2.45) is 5.92 Å². The molecule has 2 aliphatic rings. The molecule has 1 aliphatic heterocycles. The van der Waals surface area contributed by atoms with Gasteiger partial charge in [-0.2, -0.15) is 0 Å². The molecule has 1 aliphatic carbocycles. The summed E-state index contributed by atoms with van der Waals surface area (Å²) in [4.78, 5) is 14.9. The summed E-state index contributed by atoms with van der Waals surface area (Å²) in [6, 6.07) is 9.21. The van der Waals surface area contributed by atoms with E-state index in [-0.39, 0.29) is 6.04 Å². The highest BCUT2D eigenvalue weighted by molar-refractivity contribution is 5.83. The van der Waals surface area contributed by atoms with Gasteiger partial charge in [0.1, 0.15) is 0 Å². The van der Waals surface area contributed by atoms with Crippen LogP contribution in [0.4, 0.5) is 0 Å². The maximum Gasteiger partial charge on any atom is 0.240 e. The van der Waals surface area contributed by atoms with Gasteiger partial charge in [0.05, 0.1) is 6.04 Å². The van der Waals surface area contributed by atoms with E-state index in [1.807, 2.05) is 0 Å². The van der Waals surface area contributed by atoms with Crippen LogP contribution in [0.2, 0.25) is 0 Å². The van der Waals surface area contributed by atoms with E-state index in [1.54, 1.807) is 0 Å². The molecule has 0 bridgehead atoms. The second-order valence-corrected chi connectivity index (χ2v) is 6.57. The highest BCUT2D eigenvalue weighted by Gasteiger charge is 2.39. The van der Waals surface area contributed by atoms with Gasteiger partial charge in [-0.1, -0.05) is 38.1 Å². The highest BCUT2D eigenvalue weighted by Crippen LogP contribution is 2.30. The molecule has 1 saturated heterocycles. The van der Waals surface area contributed by atoms with Crippen molar-refractivity contribution in [1.82, 2.24) is 10.2 Å². The third-order valence-electron chi connectivity index (χ3n) is 4.85. The van der Waals surface area contributed by atoms with E-state index in [9.17, 15) is 4.79 Å². The number of benzene rings is 1. The van der Waals surface area contributed by atoms with Gasteiger partial charge in [-0.15, -0.1) is 0 Å². The van der Waals surface area contributed by atoms with Gasteiger partial charge in [0.2, 0.25) is 5.91 Å². The lowest BCUT2D eigenvalue weighted by Gasteiger charge is -2.27. The second kappa shape index (κ2) is 6.18. The zero-order valence-corrected chi connectivity index (χ0v) is 13.1. The van der Waals surface area contributed by atoms with Gasteiger partial charge >= 0.3 is 0 Å². The summed E-state index contributed by atoms with van der Waals surface area (Å²) in [6.45, 7) is 6.09. The standard InChI is InChI=1S/C18H26N2O/c1-3-14-4-6-15(7-5-14)12-20(16-8-9-16)18(21)17-13(2)10-11-19-17/h4-7,13,16-17,19H,3,8-12H2,1-2H3. The summed E-state index contributed by atoms with van der Waals surface area (Å²) in [5.74, 6) is 0.767. The molecule has 21 heavy (non-hydrogen) atoms. The van der Waals surface area contributed by atoms with E-state index in [2.05, 4.69) is 48.3 Å². The maximum absolute atomic E-state index is 12.8. The Morgan fingerprint density at radius 3 is 2.38 bits per heavy atom. The molecule has 1 amide bonds. The molecule has 1 N–H and O–H groups in total. The van der Waals surface area contributed by atoms with E-state index >= 15 is 0 Å². The minimum absolute atomic E-state index is 0.0283. The Bertz CT molecular complexity index is 492. The first-order chi connectivity index (χ1) is 10.2. The molecule has 2 unspecified atom stereocenters. The number of rotatable bonds is 5. The highest BCUT2D eigenvalue weighted by atomic mass is 16.2. The van der Waals surface area contributed by atoms with Gasteiger partial charge < -0.3 is 10.2 Å². The summed E-state index contributed by atoms with van der Waals surface area (Å²) in [5, 5.41) is 3.38. The van der Waals surface area contributed by atoms with Crippen LogP contribution in [0.25, 0.3) is 0 Å². The van der Waals surface area contributed by atoms with Crippen LogP contribution in [0.3, 0.4) is 0 Å². The monoisotopic (exact) mass is 286 g/mol. The van der Waals surface area contributed by atoms with Crippen molar-refractivity contribution in [3.63, 3.8) is 0 Å². The van der Waals surface area contributed by atoms with E-state index in [0.717, 1.165) is 25.9 Å². The number of aryl methyl sites for hydroxylation is 1. The first-order valence-electron chi connectivity index (χ1n) is 8.30. The van der Waals surface area contributed by atoms with E-state index < -0.39 is 0 Å². The SMILES string of the molecule is CCc1ccc(CN(C(=O)C2NCCC2C)C2CC2)cc1. The van der Waals surface area contributed by atoms with E-state index in [1.165, 1.54) is 24.0 Å². The first-order valence-corrected chi connectivity index (χ1v) is 8.30. The van der Waals surface area contributed by atoms with Crippen molar-refractivity contribution in [3.05, 3.63) is 35.4 Å². The van der Waals surface area contributed by atoms with Crippen molar-refractivity contribution >= 4 is 5.91 Å². The van der Waals surface area contributed by atoms with E-state index in [4.69, 9.17) is 0 Å². The molecular formula is C18H26N2O. The topological polar surface area (TPSA) is 32.3 Å². The Balaban J connectivity index is 1.70. The number of hydrogen-bond acceptors (Lipinski definition) is 2. The van der Waals surface area contributed by atoms with Crippen LogP contribution in [0.1, 0.15) is 44.2 Å². The number of carbonyl (C=O) groups is 1. The molecule has 0 aromatic heterocycles. The van der Waals surface area contributed by atoms with Crippen LogP contribution in [-0.2, 0) is 17.8 Å². The lowest BCUT2D eigenvalue weighted by molar-refractivity contribution is -0.135. The smallest absolute Gasteiger partial charge is 0.240 e. The predicted molar refractivity (Wildman–Crippen MR) is 85.0 cm³/mol. The number of hydrogen-bond donors (Lipinski definition) is 1. The number of nitrogens with zero attached hydrogens (tertiary/aromatic N) is 1. The minimum atomic E-state index is 0.0283. The van der Waals surface area contributed by atoms with Crippen LogP contribution in [0, 0.1) is 5.92 Å². The zero-order valence-electron chi connectivity index (χ0n) is 13.1. The average Bonchev–Trinajstić information content (AvgIpc) is 3.26. The molecule has 1 aromatic rings. The molecule has 1 aromatic carbocycles. The lowest BCUT2D eigenvalue weighted by Crippen LogP contribution is -2.46. The first kappa shape index (κ1) is 14.6. The minimum Gasteiger partial charge on any atom is -0.334 e. The number of carbonyl (C=O) groups excluding carboxylic acids is 1. The zero-order chi connectivity index (χ0) is 14.8. The summed E-state index contributed by atoms with van der Waals surface area (Å²) in [6.07, 6.45) is 4.51. The summed E-state index contributed by atoms with van der Waals surface area (Å²) in [5.41, 5.74) is 2.60. The van der Waals surface area contributed by atoms with Crippen molar-refractivity contribution in [1.29, 1.82) is 0 Å². The molecule has 1 saturated carbocycles. The number of nitrogens with one attached hydrogen (secondary N) is 1. The van der Waals surface area contributed by atoms with Crippen molar-refractivity contribution in [3.8, 4) is 0 Å². The summed E-state index contributed by atoms with van der Waals surface area (Å²) in [7, 11) is 0. The Kier molecular flexibility index (Phi) is 4.29. The molecule has 3 heteroatoms. The molecule has 3 rings (SSSR count).